The van der Waals surface area contributed by atoms with E-state index in [2.05, 4.69) is 243 Å². The van der Waals surface area contributed by atoms with Gasteiger partial charge in [-0.2, -0.15) is 0 Å². The third kappa shape index (κ3) is 10.2. The maximum Gasteiger partial charge on any atom is 0.0781 e. The van der Waals surface area contributed by atoms with E-state index in [1.54, 1.807) is 0 Å². The van der Waals surface area contributed by atoms with Crippen molar-refractivity contribution in [2.45, 2.75) is 12.8 Å². The van der Waals surface area contributed by atoms with E-state index in [1.807, 2.05) is 24.3 Å². The molecule has 0 aromatic heterocycles. The van der Waals surface area contributed by atoms with Gasteiger partial charge in [-0.25, -0.2) is 20.0 Å². The standard InChI is InChI=1S/C66H48N4/c1-5-13-51(14-6-1)63-55-29-31-56(32-30-55)64(52-15-7-2-8-16-52)68-60-39-25-49(26-40-60)46-50-27-43-62(44-28-50)70-66(54-19-11-4-12-20-54)58-35-33-57(34-36-58)65(53-17-9-3-10-18-53)69-61-41-23-48(24-42-61)45-47-21-37-59(67-63)38-22-47/h1-44H,45-46H2. The molecule has 0 radical (unpaired) electrons. The van der Waals surface area contributed by atoms with Crippen molar-refractivity contribution >= 4 is 45.6 Å². The second-order valence-corrected chi connectivity index (χ2v) is 17.5. The van der Waals surface area contributed by atoms with Gasteiger partial charge in [0.25, 0.3) is 0 Å². The van der Waals surface area contributed by atoms with Crippen LogP contribution in [0.5, 0.6) is 0 Å². The highest BCUT2D eigenvalue weighted by atomic mass is 14.8. The third-order valence-corrected chi connectivity index (χ3v) is 12.6. The van der Waals surface area contributed by atoms with Crippen LogP contribution in [0.25, 0.3) is 0 Å². The van der Waals surface area contributed by atoms with E-state index in [0.29, 0.717) is 0 Å². The zero-order chi connectivity index (χ0) is 46.9. The Hall–Kier alpha value is -9.12. The predicted molar refractivity (Wildman–Crippen MR) is 291 cm³/mol. The van der Waals surface area contributed by atoms with E-state index in [4.69, 9.17) is 20.0 Å². The summed E-state index contributed by atoms with van der Waals surface area (Å²) >= 11 is 0. The fourth-order valence-corrected chi connectivity index (χ4v) is 8.88. The molecular formula is C66H48N4. The molecule has 0 amide bonds. The van der Waals surface area contributed by atoms with E-state index in [1.165, 1.54) is 22.3 Å². The van der Waals surface area contributed by atoms with Crippen LogP contribution in [0, 0.1) is 0 Å². The molecular weight excluding hydrogens is 849 g/mol. The quantitative estimate of drug-likeness (QED) is 0.169. The molecule has 0 fully saturated rings. The largest absolute Gasteiger partial charge is 0.248 e. The molecule has 0 unspecified atom stereocenters. The molecule has 0 spiro atoms. The number of hydrogen-bond acceptors (Lipinski definition) is 4. The normalized spacial score (nSPS) is 12.8. The number of benzene rings is 10. The van der Waals surface area contributed by atoms with Crippen molar-refractivity contribution in [1.82, 2.24) is 0 Å². The molecule has 10 heterocycles. The molecule has 70 heavy (non-hydrogen) atoms. The summed E-state index contributed by atoms with van der Waals surface area (Å²) in [6.45, 7) is 0. The summed E-state index contributed by atoms with van der Waals surface area (Å²) in [4.78, 5) is 21.1. The average molecular weight is 897 g/mol. The second kappa shape index (κ2) is 20.4. The fraction of sp³-hybridized carbons (Fsp3) is 0.0303. The summed E-state index contributed by atoms with van der Waals surface area (Å²) in [5, 5.41) is 0. The van der Waals surface area contributed by atoms with Crippen LogP contribution in [0.4, 0.5) is 22.7 Å². The van der Waals surface area contributed by atoms with Gasteiger partial charge in [0.05, 0.1) is 45.6 Å². The highest BCUT2D eigenvalue weighted by molar-refractivity contribution is 6.18. The lowest BCUT2D eigenvalue weighted by atomic mass is 9.97. The lowest BCUT2D eigenvalue weighted by Crippen LogP contribution is -2.06. The highest BCUT2D eigenvalue weighted by Crippen LogP contribution is 2.27. The van der Waals surface area contributed by atoms with E-state index in [-0.39, 0.29) is 0 Å². The van der Waals surface area contributed by atoms with Gasteiger partial charge >= 0.3 is 0 Å². The first-order valence-corrected chi connectivity index (χ1v) is 23.8. The van der Waals surface area contributed by atoms with Crippen molar-refractivity contribution in [2.75, 3.05) is 0 Å². The molecule has 10 aliphatic rings. The van der Waals surface area contributed by atoms with Crippen molar-refractivity contribution < 1.29 is 0 Å². The smallest absolute Gasteiger partial charge is 0.0781 e. The average Bonchev–Trinajstić information content (AvgIpc) is 3.43. The summed E-state index contributed by atoms with van der Waals surface area (Å²) in [5.74, 6) is 0. The van der Waals surface area contributed by atoms with Crippen LogP contribution in [0.3, 0.4) is 0 Å². The van der Waals surface area contributed by atoms with Crippen LogP contribution in [0.15, 0.2) is 287 Å². The molecule has 0 atom stereocenters. The van der Waals surface area contributed by atoms with Crippen LogP contribution < -0.4 is 0 Å². The molecule has 332 valence electrons. The minimum absolute atomic E-state index is 0.791. The first-order chi connectivity index (χ1) is 34.6. The van der Waals surface area contributed by atoms with E-state index in [0.717, 1.165) is 103 Å². The Morgan fingerprint density at radius 1 is 0.171 bits per heavy atom. The van der Waals surface area contributed by atoms with Crippen LogP contribution >= 0.6 is 0 Å². The van der Waals surface area contributed by atoms with Crippen LogP contribution in [-0.4, -0.2) is 22.8 Å². The van der Waals surface area contributed by atoms with Crippen molar-refractivity contribution in [3.8, 4) is 0 Å². The first-order valence-electron chi connectivity index (χ1n) is 23.8. The van der Waals surface area contributed by atoms with Gasteiger partial charge in [0.15, 0.2) is 0 Å². The number of rotatable bonds is 4. The Bertz CT molecular complexity index is 2990. The van der Waals surface area contributed by atoms with Crippen LogP contribution in [0.2, 0.25) is 0 Å². The number of hydrogen-bond donors (Lipinski definition) is 0. The minimum atomic E-state index is 0.791. The number of aliphatic imine (C=N–C) groups is 4. The maximum absolute atomic E-state index is 5.27. The van der Waals surface area contributed by atoms with E-state index >= 15 is 0 Å². The SMILES string of the molecule is c1ccc(C2=Nc3ccc(cc3)Cc3ccc(cc3)N=C(c3ccccc3)c3ccc(cc3)C(c3ccccc3)=Nc3ccc(cc3)Cc3ccc(cc3)N=C(c3ccccc3)c3ccc2cc3)cc1. The summed E-state index contributed by atoms with van der Waals surface area (Å²) < 4.78 is 0. The Morgan fingerprint density at radius 2 is 0.343 bits per heavy atom. The topological polar surface area (TPSA) is 49.4 Å². The van der Waals surface area contributed by atoms with Crippen molar-refractivity contribution in [3.05, 3.63) is 334 Å². The van der Waals surface area contributed by atoms with Crippen LogP contribution in [0.1, 0.15) is 66.8 Å². The molecule has 20 rings (SSSR count). The Labute approximate surface area is 410 Å². The van der Waals surface area contributed by atoms with Gasteiger partial charge in [-0.1, -0.05) is 218 Å². The lowest BCUT2D eigenvalue weighted by Gasteiger charge is -2.12. The lowest BCUT2D eigenvalue weighted by molar-refractivity contribution is 1.19. The molecule has 10 aliphatic heterocycles. The molecule has 10 aromatic carbocycles. The first kappa shape index (κ1) is 43.5. The molecule has 0 N–H and O–H groups in total. The van der Waals surface area contributed by atoms with Gasteiger partial charge in [0.2, 0.25) is 0 Å². The van der Waals surface area contributed by atoms with E-state index in [9.17, 15) is 0 Å². The molecule has 0 saturated heterocycles. The van der Waals surface area contributed by atoms with Crippen molar-refractivity contribution in [1.29, 1.82) is 0 Å². The predicted octanol–water partition coefficient (Wildman–Crippen LogP) is 15.9. The zero-order valence-electron chi connectivity index (χ0n) is 38.6. The van der Waals surface area contributed by atoms with Gasteiger partial charge < -0.3 is 0 Å². The van der Waals surface area contributed by atoms with Crippen molar-refractivity contribution in [2.24, 2.45) is 20.0 Å². The van der Waals surface area contributed by atoms with Gasteiger partial charge in [-0.15, -0.1) is 0 Å². The van der Waals surface area contributed by atoms with E-state index < -0.39 is 0 Å². The van der Waals surface area contributed by atoms with Gasteiger partial charge in [-0.05, 0) is 83.6 Å². The summed E-state index contributed by atoms with van der Waals surface area (Å²) in [7, 11) is 0. The van der Waals surface area contributed by atoms with Gasteiger partial charge in [-0.3, -0.25) is 0 Å². The Balaban J connectivity index is 0.995. The maximum atomic E-state index is 5.27. The minimum Gasteiger partial charge on any atom is -0.248 e. The molecule has 12 bridgehead atoms. The summed E-state index contributed by atoms with van der Waals surface area (Å²) in [6, 6.07) is 93.3. The zero-order valence-corrected chi connectivity index (χ0v) is 38.6. The third-order valence-electron chi connectivity index (χ3n) is 12.6. The molecule has 4 heteroatoms. The Morgan fingerprint density at radius 3 is 0.529 bits per heavy atom. The summed E-state index contributed by atoms with van der Waals surface area (Å²) in [5.41, 5.74) is 20.4. The summed E-state index contributed by atoms with van der Waals surface area (Å²) in [6.07, 6.45) is 1.58. The molecule has 0 aliphatic carbocycles. The monoisotopic (exact) mass is 896 g/mol. The van der Waals surface area contributed by atoms with Gasteiger partial charge in [0.1, 0.15) is 0 Å². The molecule has 4 nitrogen and oxygen atoms in total. The van der Waals surface area contributed by atoms with Crippen molar-refractivity contribution in [3.63, 3.8) is 0 Å². The highest BCUT2D eigenvalue weighted by Gasteiger charge is 2.14. The Kier molecular flexibility index (Phi) is 12.7. The second-order valence-electron chi connectivity index (χ2n) is 17.5. The molecule has 10 aromatic rings. The fourth-order valence-electron chi connectivity index (χ4n) is 8.88. The van der Waals surface area contributed by atoms with Gasteiger partial charge in [0, 0.05) is 44.5 Å². The van der Waals surface area contributed by atoms with Crippen LogP contribution in [-0.2, 0) is 12.8 Å². The number of nitrogens with zero attached hydrogens (tertiary/aromatic N) is 4. The molecule has 0 saturated carbocycles.